The summed E-state index contributed by atoms with van der Waals surface area (Å²) in [4.78, 5) is 2.02. The van der Waals surface area contributed by atoms with Gasteiger partial charge in [-0.2, -0.15) is 5.10 Å². The van der Waals surface area contributed by atoms with Crippen LogP contribution in [-0.2, 0) is 13.6 Å². The van der Waals surface area contributed by atoms with E-state index in [1.165, 1.54) is 5.56 Å². The molecule has 0 aliphatic heterocycles. The van der Waals surface area contributed by atoms with E-state index in [1.54, 1.807) is 0 Å². The number of nitrogens with one attached hydrogen (secondary N) is 1. The van der Waals surface area contributed by atoms with Crippen LogP contribution >= 0.6 is 0 Å². The third-order valence-electron chi connectivity index (χ3n) is 3.34. The van der Waals surface area contributed by atoms with Crippen molar-refractivity contribution in [2.45, 2.75) is 13.5 Å². The van der Waals surface area contributed by atoms with Crippen LogP contribution in [0.3, 0.4) is 0 Å². The molecule has 1 aromatic heterocycles. The minimum Gasteiger partial charge on any atom is -0.395 e. The molecule has 108 valence electrons. The van der Waals surface area contributed by atoms with E-state index in [9.17, 15) is 0 Å². The highest BCUT2D eigenvalue weighted by atomic mass is 16.3. The summed E-state index contributed by atoms with van der Waals surface area (Å²) >= 11 is 0. The lowest BCUT2D eigenvalue weighted by molar-refractivity contribution is 0.304. The zero-order valence-corrected chi connectivity index (χ0v) is 12.3. The molecular formula is C15H22N4O. The first-order valence-corrected chi connectivity index (χ1v) is 6.75. The molecule has 0 unspecified atom stereocenters. The van der Waals surface area contributed by atoms with Gasteiger partial charge in [-0.3, -0.25) is 4.68 Å². The molecule has 0 fully saturated rings. The van der Waals surface area contributed by atoms with Crippen molar-refractivity contribution in [1.82, 2.24) is 9.78 Å². The molecule has 1 aromatic carbocycles. The molecule has 1 heterocycles. The predicted octanol–water partition coefficient (Wildman–Crippen LogP) is 1.77. The maximum absolute atomic E-state index is 8.93. The summed E-state index contributed by atoms with van der Waals surface area (Å²) < 4.78 is 1.83. The topological polar surface area (TPSA) is 53.3 Å². The molecule has 5 heteroatoms. The van der Waals surface area contributed by atoms with Crippen LogP contribution in [0.1, 0.15) is 11.3 Å². The molecule has 5 nitrogen and oxygen atoms in total. The molecule has 0 saturated heterocycles. The quantitative estimate of drug-likeness (QED) is 0.843. The maximum Gasteiger partial charge on any atom is 0.0643 e. The van der Waals surface area contributed by atoms with Crippen LogP contribution in [0.15, 0.2) is 30.5 Å². The molecule has 0 aliphatic carbocycles. The van der Waals surface area contributed by atoms with Crippen LogP contribution in [0.5, 0.6) is 0 Å². The summed E-state index contributed by atoms with van der Waals surface area (Å²) in [7, 11) is 3.90. The lowest BCUT2D eigenvalue weighted by atomic mass is 10.2. The summed E-state index contributed by atoms with van der Waals surface area (Å²) in [5, 5.41) is 16.6. The predicted molar refractivity (Wildman–Crippen MR) is 82.1 cm³/mol. The minimum absolute atomic E-state index is 0.163. The summed E-state index contributed by atoms with van der Waals surface area (Å²) in [5.74, 6) is 0. The van der Waals surface area contributed by atoms with Crippen LogP contribution < -0.4 is 10.2 Å². The summed E-state index contributed by atoms with van der Waals surface area (Å²) in [6, 6.07) is 8.20. The highest BCUT2D eigenvalue weighted by Gasteiger charge is 2.03. The van der Waals surface area contributed by atoms with E-state index in [4.69, 9.17) is 5.11 Å². The molecule has 0 saturated carbocycles. The van der Waals surface area contributed by atoms with Crippen molar-refractivity contribution in [2.75, 3.05) is 30.4 Å². The van der Waals surface area contributed by atoms with E-state index in [2.05, 4.69) is 22.5 Å². The fourth-order valence-corrected chi connectivity index (χ4v) is 2.13. The van der Waals surface area contributed by atoms with E-state index in [0.29, 0.717) is 6.54 Å². The van der Waals surface area contributed by atoms with Crippen molar-refractivity contribution in [3.8, 4) is 0 Å². The third kappa shape index (κ3) is 3.51. The number of anilines is 2. The number of hydrogen-bond acceptors (Lipinski definition) is 4. The van der Waals surface area contributed by atoms with Gasteiger partial charge in [0.15, 0.2) is 0 Å². The number of aliphatic hydroxyl groups excluding tert-OH is 1. The second-order valence-corrected chi connectivity index (χ2v) is 4.96. The Morgan fingerprint density at radius 3 is 2.55 bits per heavy atom. The number of hydrogen-bond donors (Lipinski definition) is 2. The first-order chi connectivity index (χ1) is 9.60. The first-order valence-electron chi connectivity index (χ1n) is 6.75. The number of benzene rings is 1. The first kappa shape index (κ1) is 14.4. The second-order valence-electron chi connectivity index (χ2n) is 4.96. The number of aromatic nitrogens is 2. The van der Waals surface area contributed by atoms with Gasteiger partial charge < -0.3 is 15.3 Å². The fourth-order valence-electron chi connectivity index (χ4n) is 2.13. The van der Waals surface area contributed by atoms with E-state index in [0.717, 1.165) is 23.6 Å². The lowest BCUT2D eigenvalue weighted by Gasteiger charge is -2.18. The van der Waals surface area contributed by atoms with Gasteiger partial charge in [0, 0.05) is 50.3 Å². The number of aliphatic hydroxyl groups is 1. The number of likely N-dealkylation sites (N-methyl/N-ethyl adjacent to an activating group) is 1. The third-order valence-corrected chi connectivity index (χ3v) is 3.34. The molecular weight excluding hydrogens is 252 g/mol. The van der Waals surface area contributed by atoms with E-state index in [1.807, 2.05) is 48.9 Å². The Morgan fingerprint density at radius 2 is 2.00 bits per heavy atom. The number of nitrogens with zero attached hydrogens (tertiary/aromatic N) is 3. The molecule has 0 atom stereocenters. The molecule has 0 aliphatic rings. The van der Waals surface area contributed by atoms with Gasteiger partial charge in [-0.05, 0) is 31.2 Å². The SMILES string of the molecule is Cc1nn(C)cc1CNc1ccc(N(C)CCO)cc1. The average Bonchev–Trinajstić information content (AvgIpc) is 2.75. The van der Waals surface area contributed by atoms with Gasteiger partial charge >= 0.3 is 0 Å². The Labute approximate surface area is 119 Å². The van der Waals surface area contributed by atoms with Crippen molar-refractivity contribution in [1.29, 1.82) is 0 Å². The van der Waals surface area contributed by atoms with Gasteiger partial charge in [0.2, 0.25) is 0 Å². The van der Waals surface area contributed by atoms with Gasteiger partial charge in [-0.15, -0.1) is 0 Å². The van der Waals surface area contributed by atoms with E-state index < -0.39 is 0 Å². The van der Waals surface area contributed by atoms with E-state index in [-0.39, 0.29) is 6.61 Å². The molecule has 2 aromatic rings. The Bertz CT molecular complexity index is 548. The Kier molecular flexibility index (Phi) is 4.63. The molecule has 0 spiro atoms. The van der Waals surface area contributed by atoms with Gasteiger partial charge in [0.25, 0.3) is 0 Å². The van der Waals surface area contributed by atoms with Crippen LogP contribution in [-0.4, -0.2) is 35.1 Å². The van der Waals surface area contributed by atoms with Crippen LogP contribution in [0.2, 0.25) is 0 Å². The molecule has 0 radical (unpaired) electrons. The van der Waals surface area contributed by atoms with Gasteiger partial charge in [-0.1, -0.05) is 0 Å². The molecule has 2 rings (SSSR count). The zero-order chi connectivity index (χ0) is 14.5. The normalized spacial score (nSPS) is 10.6. The monoisotopic (exact) mass is 274 g/mol. The van der Waals surface area contributed by atoms with E-state index >= 15 is 0 Å². The van der Waals surface area contributed by atoms with Crippen molar-refractivity contribution in [3.05, 3.63) is 41.7 Å². The zero-order valence-electron chi connectivity index (χ0n) is 12.3. The minimum atomic E-state index is 0.163. The van der Waals surface area contributed by atoms with Crippen LogP contribution in [0.4, 0.5) is 11.4 Å². The number of rotatable bonds is 6. The van der Waals surface area contributed by atoms with Crippen molar-refractivity contribution >= 4 is 11.4 Å². The maximum atomic E-state index is 8.93. The fraction of sp³-hybridized carbons (Fsp3) is 0.400. The second kappa shape index (κ2) is 6.43. The van der Waals surface area contributed by atoms with Gasteiger partial charge in [0.1, 0.15) is 0 Å². The van der Waals surface area contributed by atoms with Crippen molar-refractivity contribution < 1.29 is 5.11 Å². The van der Waals surface area contributed by atoms with Crippen molar-refractivity contribution in [3.63, 3.8) is 0 Å². The van der Waals surface area contributed by atoms with Crippen LogP contribution in [0.25, 0.3) is 0 Å². The summed E-state index contributed by atoms with van der Waals surface area (Å²) in [6.45, 7) is 3.59. The Hall–Kier alpha value is -2.01. The van der Waals surface area contributed by atoms with Crippen LogP contribution in [0, 0.1) is 6.92 Å². The molecule has 20 heavy (non-hydrogen) atoms. The molecule has 2 N–H and O–H groups in total. The summed E-state index contributed by atoms with van der Waals surface area (Å²) in [5.41, 5.74) is 4.44. The highest BCUT2D eigenvalue weighted by Crippen LogP contribution is 2.17. The smallest absolute Gasteiger partial charge is 0.0643 e. The summed E-state index contributed by atoms with van der Waals surface area (Å²) in [6.07, 6.45) is 2.03. The van der Waals surface area contributed by atoms with Gasteiger partial charge in [-0.25, -0.2) is 0 Å². The largest absolute Gasteiger partial charge is 0.395 e. The lowest BCUT2D eigenvalue weighted by Crippen LogP contribution is -2.20. The molecule has 0 bridgehead atoms. The number of aryl methyl sites for hydroxylation is 2. The highest BCUT2D eigenvalue weighted by molar-refractivity contribution is 5.54. The van der Waals surface area contributed by atoms with Gasteiger partial charge in [0.05, 0.1) is 12.3 Å². The molecule has 0 amide bonds. The Morgan fingerprint density at radius 1 is 1.30 bits per heavy atom. The average molecular weight is 274 g/mol. The standard InChI is InChI=1S/C15H22N4O/c1-12-13(11-19(3)17-12)10-16-14-4-6-15(7-5-14)18(2)8-9-20/h4-7,11,16,20H,8-10H2,1-3H3. The Balaban J connectivity index is 1.95. The van der Waals surface area contributed by atoms with Crippen molar-refractivity contribution in [2.24, 2.45) is 7.05 Å².